The highest BCUT2D eigenvalue weighted by atomic mass is 32.2. The van der Waals surface area contributed by atoms with E-state index in [9.17, 15) is 9.59 Å². The van der Waals surface area contributed by atoms with Crippen LogP contribution in [-0.4, -0.2) is 35.1 Å². The Balaban J connectivity index is 1.82. The molecule has 27 heavy (non-hydrogen) atoms. The number of carbonyl (C=O) groups excluding carboxylic acids is 2. The molecule has 0 fully saturated rings. The molecular formula is C21H21N3O2S. The van der Waals surface area contributed by atoms with Gasteiger partial charge in [0.15, 0.2) is 0 Å². The number of carbonyl (C=O) groups is 2. The summed E-state index contributed by atoms with van der Waals surface area (Å²) < 4.78 is 0. The summed E-state index contributed by atoms with van der Waals surface area (Å²) >= 11 is 1.15. The van der Waals surface area contributed by atoms with Crippen LogP contribution in [0.5, 0.6) is 0 Å². The third kappa shape index (κ3) is 4.46. The van der Waals surface area contributed by atoms with Crippen molar-refractivity contribution in [2.24, 2.45) is 0 Å². The average molecular weight is 379 g/mol. The first-order valence-corrected chi connectivity index (χ1v) is 9.33. The molecule has 0 bridgehead atoms. The van der Waals surface area contributed by atoms with Crippen molar-refractivity contribution in [1.29, 1.82) is 0 Å². The second kappa shape index (κ2) is 7.80. The summed E-state index contributed by atoms with van der Waals surface area (Å²) in [5, 5.41) is 3.72. The summed E-state index contributed by atoms with van der Waals surface area (Å²) in [7, 11) is 3.43. The topological polar surface area (TPSA) is 62.3 Å². The minimum atomic E-state index is -0.180. The fourth-order valence-electron chi connectivity index (χ4n) is 2.66. The van der Waals surface area contributed by atoms with Crippen LogP contribution >= 0.6 is 11.8 Å². The number of pyridine rings is 1. The molecular weight excluding hydrogens is 358 g/mol. The van der Waals surface area contributed by atoms with Crippen LogP contribution in [0.25, 0.3) is 10.9 Å². The number of hydrogen-bond donors (Lipinski definition) is 1. The van der Waals surface area contributed by atoms with E-state index in [1.54, 1.807) is 32.3 Å². The van der Waals surface area contributed by atoms with Crippen LogP contribution in [0.15, 0.2) is 53.4 Å². The number of hydrogen-bond acceptors (Lipinski definition) is 4. The Hall–Kier alpha value is -2.86. The van der Waals surface area contributed by atoms with E-state index < -0.39 is 0 Å². The zero-order valence-electron chi connectivity index (χ0n) is 15.7. The molecule has 3 aromatic rings. The van der Waals surface area contributed by atoms with E-state index in [4.69, 9.17) is 0 Å². The molecule has 6 heteroatoms. The van der Waals surface area contributed by atoms with Gasteiger partial charge in [0.25, 0.3) is 11.1 Å². The van der Waals surface area contributed by atoms with Crippen molar-refractivity contribution < 1.29 is 9.59 Å². The van der Waals surface area contributed by atoms with E-state index in [-0.39, 0.29) is 11.1 Å². The number of anilines is 1. The van der Waals surface area contributed by atoms with Crippen LogP contribution in [0.1, 0.15) is 21.6 Å². The fourth-order valence-corrected chi connectivity index (χ4v) is 3.31. The normalized spacial score (nSPS) is 10.7. The molecule has 0 aliphatic carbocycles. The second-order valence-corrected chi connectivity index (χ2v) is 7.60. The number of amides is 2. The molecule has 0 spiro atoms. The molecule has 3 rings (SSSR count). The van der Waals surface area contributed by atoms with Crippen molar-refractivity contribution in [3.63, 3.8) is 0 Å². The highest BCUT2D eigenvalue weighted by molar-refractivity contribution is 8.13. The zero-order valence-corrected chi connectivity index (χ0v) is 16.6. The van der Waals surface area contributed by atoms with Gasteiger partial charge in [-0.25, -0.2) is 0 Å². The average Bonchev–Trinajstić information content (AvgIpc) is 2.62. The van der Waals surface area contributed by atoms with Gasteiger partial charge in [-0.05, 0) is 68.1 Å². The molecule has 0 aliphatic heterocycles. The number of fused-ring (bicyclic) bond motifs is 1. The van der Waals surface area contributed by atoms with Crippen molar-refractivity contribution in [2.45, 2.75) is 18.7 Å². The van der Waals surface area contributed by atoms with Gasteiger partial charge in [-0.3, -0.25) is 14.6 Å². The quantitative estimate of drug-likeness (QED) is 0.659. The first-order chi connectivity index (χ1) is 12.8. The zero-order chi connectivity index (χ0) is 19.6. The van der Waals surface area contributed by atoms with E-state index in [0.29, 0.717) is 11.3 Å². The second-order valence-electron chi connectivity index (χ2n) is 6.57. The van der Waals surface area contributed by atoms with E-state index in [0.717, 1.165) is 38.8 Å². The molecule has 0 unspecified atom stereocenters. The van der Waals surface area contributed by atoms with E-state index in [2.05, 4.69) is 10.3 Å². The maximum absolute atomic E-state index is 12.8. The molecule has 0 saturated carbocycles. The smallest absolute Gasteiger partial charge is 0.285 e. The number of benzene rings is 2. The van der Waals surface area contributed by atoms with Crippen LogP contribution < -0.4 is 5.32 Å². The summed E-state index contributed by atoms with van der Waals surface area (Å²) in [6.45, 7) is 3.87. The van der Waals surface area contributed by atoms with Crippen molar-refractivity contribution in [1.82, 2.24) is 9.88 Å². The molecule has 0 saturated heterocycles. The lowest BCUT2D eigenvalue weighted by molar-refractivity contribution is 0.102. The van der Waals surface area contributed by atoms with E-state index in [1.165, 1.54) is 4.90 Å². The van der Waals surface area contributed by atoms with Crippen LogP contribution in [0.3, 0.4) is 0 Å². The predicted molar refractivity (Wildman–Crippen MR) is 111 cm³/mol. The van der Waals surface area contributed by atoms with Crippen LogP contribution in [0.4, 0.5) is 10.5 Å². The molecule has 5 nitrogen and oxygen atoms in total. The third-order valence-electron chi connectivity index (χ3n) is 4.02. The van der Waals surface area contributed by atoms with Crippen LogP contribution in [0, 0.1) is 13.8 Å². The minimum absolute atomic E-state index is 0.0408. The maximum atomic E-state index is 12.8. The van der Waals surface area contributed by atoms with Gasteiger partial charge in [0.05, 0.1) is 11.1 Å². The lowest BCUT2D eigenvalue weighted by Crippen LogP contribution is -2.16. The number of aryl methyl sites for hydroxylation is 2. The maximum Gasteiger partial charge on any atom is 0.285 e. The summed E-state index contributed by atoms with van der Waals surface area (Å²) in [6.07, 6.45) is 0. The fraction of sp³-hybridized carbons (Fsp3) is 0.190. The van der Waals surface area contributed by atoms with Gasteiger partial charge in [0, 0.05) is 35.8 Å². The molecule has 2 amide bonds. The number of rotatable bonds is 3. The SMILES string of the molecule is Cc1ccc2nc(C)cc(C(=O)Nc3ccc(SC(=O)N(C)C)cc3)c2c1. The summed E-state index contributed by atoms with van der Waals surface area (Å²) in [5.74, 6) is -0.180. The monoisotopic (exact) mass is 379 g/mol. The molecule has 0 aliphatic rings. The van der Waals surface area contributed by atoms with Crippen molar-refractivity contribution in [3.05, 3.63) is 65.4 Å². The number of nitrogens with zero attached hydrogens (tertiary/aromatic N) is 2. The molecule has 0 atom stereocenters. The van der Waals surface area contributed by atoms with E-state index >= 15 is 0 Å². The Morgan fingerprint density at radius 2 is 1.70 bits per heavy atom. The van der Waals surface area contributed by atoms with Crippen LogP contribution in [0.2, 0.25) is 0 Å². The van der Waals surface area contributed by atoms with Gasteiger partial charge in [0.2, 0.25) is 0 Å². The van der Waals surface area contributed by atoms with E-state index in [1.807, 2.05) is 44.2 Å². The van der Waals surface area contributed by atoms with Crippen molar-refractivity contribution in [3.8, 4) is 0 Å². The first kappa shape index (κ1) is 18.9. The molecule has 1 heterocycles. The Bertz CT molecular complexity index is 1010. The predicted octanol–water partition coefficient (Wildman–Crippen LogP) is 4.88. The van der Waals surface area contributed by atoms with Crippen molar-refractivity contribution >= 4 is 39.5 Å². The van der Waals surface area contributed by atoms with Gasteiger partial charge >= 0.3 is 0 Å². The van der Waals surface area contributed by atoms with Gasteiger partial charge in [-0.15, -0.1) is 0 Å². The van der Waals surface area contributed by atoms with Gasteiger partial charge in [-0.1, -0.05) is 11.6 Å². The Kier molecular flexibility index (Phi) is 5.46. The molecule has 2 aromatic carbocycles. The Morgan fingerprint density at radius 3 is 2.37 bits per heavy atom. The molecule has 1 N–H and O–H groups in total. The molecule has 0 radical (unpaired) electrons. The van der Waals surface area contributed by atoms with Crippen molar-refractivity contribution in [2.75, 3.05) is 19.4 Å². The Morgan fingerprint density at radius 1 is 1.00 bits per heavy atom. The summed E-state index contributed by atoms with van der Waals surface area (Å²) in [4.78, 5) is 31.5. The highest BCUT2D eigenvalue weighted by Gasteiger charge is 2.13. The lowest BCUT2D eigenvalue weighted by atomic mass is 10.0. The standard InChI is InChI=1S/C21H21N3O2S/c1-13-5-10-19-17(11-13)18(12-14(2)22-19)20(25)23-15-6-8-16(9-7-15)27-21(26)24(3)4/h5-12H,1-4H3,(H,23,25). The molecule has 138 valence electrons. The number of aromatic nitrogens is 1. The number of thioether (sulfide) groups is 1. The highest BCUT2D eigenvalue weighted by Crippen LogP contribution is 2.24. The molecule has 1 aromatic heterocycles. The Labute approximate surface area is 162 Å². The summed E-state index contributed by atoms with van der Waals surface area (Å²) in [6, 6.07) is 14.9. The lowest BCUT2D eigenvalue weighted by Gasteiger charge is -2.11. The largest absolute Gasteiger partial charge is 0.339 e. The van der Waals surface area contributed by atoms with Gasteiger partial charge in [0.1, 0.15) is 0 Å². The van der Waals surface area contributed by atoms with Gasteiger partial charge in [-0.2, -0.15) is 0 Å². The van der Waals surface area contributed by atoms with Gasteiger partial charge < -0.3 is 10.2 Å². The van der Waals surface area contributed by atoms with Crippen LogP contribution in [-0.2, 0) is 0 Å². The third-order valence-corrected chi connectivity index (χ3v) is 5.07. The first-order valence-electron chi connectivity index (χ1n) is 8.52. The minimum Gasteiger partial charge on any atom is -0.339 e. The summed E-state index contributed by atoms with van der Waals surface area (Å²) in [5.41, 5.74) is 3.96. The number of nitrogens with one attached hydrogen (secondary N) is 1.